The van der Waals surface area contributed by atoms with Crippen molar-refractivity contribution in [2.45, 2.75) is 33.3 Å². The molecular weight excluding hydrogens is 168 g/mol. The average molecular weight is 186 g/mol. The van der Waals surface area contributed by atoms with E-state index in [1.54, 1.807) is 18.7 Å². The minimum Gasteiger partial charge on any atom is -0.391 e. The van der Waals surface area contributed by atoms with Gasteiger partial charge in [0, 0.05) is 12.2 Å². The summed E-state index contributed by atoms with van der Waals surface area (Å²) < 4.78 is 0. The lowest BCUT2D eigenvalue weighted by molar-refractivity contribution is 0.205. The summed E-state index contributed by atoms with van der Waals surface area (Å²) in [6, 6.07) is 0. The van der Waals surface area contributed by atoms with Crippen molar-refractivity contribution in [1.29, 1.82) is 0 Å². The molecule has 1 N–H and O–H groups in total. The molecule has 0 rings (SSSR count). The van der Waals surface area contributed by atoms with Crippen molar-refractivity contribution in [3.05, 3.63) is 0 Å². The molecule has 0 aromatic rings. The number of hydrogen-bond acceptors (Lipinski definition) is 2. The quantitative estimate of drug-likeness (QED) is 0.664. The molecule has 12 heavy (non-hydrogen) atoms. The van der Waals surface area contributed by atoms with Gasteiger partial charge in [0.15, 0.2) is 0 Å². The van der Waals surface area contributed by atoms with Crippen molar-refractivity contribution in [1.82, 2.24) is 0 Å². The van der Waals surface area contributed by atoms with Gasteiger partial charge >= 0.3 is 0 Å². The van der Waals surface area contributed by atoms with E-state index in [1.807, 2.05) is 0 Å². The van der Waals surface area contributed by atoms with Crippen LogP contribution in [-0.4, -0.2) is 22.7 Å². The molecule has 0 aliphatic carbocycles. The minimum absolute atomic E-state index is 0.249. The van der Waals surface area contributed by atoms with E-state index < -0.39 is 0 Å². The monoisotopic (exact) mass is 186 g/mol. The third kappa shape index (κ3) is 7.97. The van der Waals surface area contributed by atoms with E-state index in [-0.39, 0.29) is 6.10 Å². The third-order valence-corrected chi connectivity index (χ3v) is 2.80. The van der Waals surface area contributed by atoms with Crippen LogP contribution in [0.5, 0.6) is 0 Å². The molecule has 70 valence electrons. The van der Waals surface area contributed by atoms with E-state index in [4.69, 9.17) is 0 Å². The molecule has 0 aromatic carbocycles. The summed E-state index contributed by atoms with van der Waals surface area (Å²) in [7, 11) is 0. The van der Waals surface area contributed by atoms with E-state index in [2.05, 4.69) is 25.7 Å². The molecule has 0 aliphatic heterocycles. The van der Waals surface area contributed by atoms with Crippen LogP contribution >= 0.6 is 11.8 Å². The highest BCUT2D eigenvalue weighted by Crippen LogP contribution is 2.09. The largest absolute Gasteiger partial charge is 0.391 e. The van der Waals surface area contributed by atoms with Gasteiger partial charge in [0.1, 0.15) is 0 Å². The summed E-state index contributed by atoms with van der Waals surface area (Å²) >= 11 is 1.80. The maximum atomic E-state index is 9.37. The molecule has 0 aromatic heterocycles. The Labute approximate surface area is 79.9 Å². The second kappa shape index (κ2) is 7.52. The van der Waals surface area contributed by atoms with Crippen LogP contribution in [0.25, 0.3) is 0 Å². The zero-order chi connectivity index (χ0) is 9.40. The summed E-state index contributed by atoms with van der Waals surface area (Å²) in [4.78, 5) is 0. The van der Waals surface area contributed by atoms with Crippen molar-refractivity contribution in [2.24, 2.45) is 5.92 Å². The van der Waals surface area contributed by atoms with E-state index in [0.717, 1.165) is 11.5 Å². The SMILES string of the molecule is CC#CCC(O)CSCC(C)C. The highest BCUT2D eigenvalue weighted by atomic mass is 32.2. The molecule has 0 radical (unpaired) electrons. The van der Waals surface area contributed by atoms with Crippen molar-refractivity contribution in [3.8, 4) is 11.8 Å². The van der Waals surface area contributed by atoms with Crippen LogP contribution in [-0.2, 0) is 0 Å². The molecule has 2 heteroatoms. The Bertz CT molecular complexity index is 155. The van der Waals surface area contributed by atoms with Gasteiger partial charge in [-0.3, -0.25) is 0 Å². The predicted molar refractivity (Wildman–Crippen MR) is 56.2 cm³/mol. The fourth-order valence-electron chi connectivity index (χ4n) is 0.719. The Morgan fingerprint density at radius 2 is 2.00 bits per heavy atom. The van der Waals surface area contributed by atoms with E-state index in [9.17, 15) is 5.11 Å². The zero-order valence-corrected chi connectivity index (χ0v) is 8.95. The van der Waals surface area contributed by atoms with Crippen molar-refractivity contribution in [3.63, 3.8) is 0 Å². The van der Waals surface area contributed by atoms with E-state index >= 15 is 0 Å². The zero-order valence-electron chi connectivity index (χ0n) is 8.13. The molecule has 0 spiro atoms. The number of hydrogen-bond donors (Lipinski definition) is 1. The summed E-state index contributed by atoms with van der Waals surface area (Å²) in [5, 5.41) is 9.37. The van der Waals surface area contributed by atoms with Gasteiger partial charge in [0.05, 0.1) is 6.10 Å². The average Bonchev–Trinajstić information content (AvgIpc) is 2.00. The molecule has 1 nitrogen and oxygen atoms in total. The molecule has 0 fully saturated rings. The summed E-state index contributed by atoms with van der Waals surface area (Å²) in [5.41, 5.74) is 0. The fourth-order valence-corrected chi connectivity index (χ4v) is 1.72. The van der Waals surface area contributed by atoms with Crippen LogP contribution in [0.15, 0.2) is 0 Å². The smallest absolute Gasteiger partial charge is 0.0739 e. The summed E-state index contributed by atoms with van der Waals surface area (Å²) in [6.45, 7) is 6.17. The Hall–Kier alpha value is -0.130. The molecule has 0 aliphatic rings. The molecular formula is C10H18OS. The lowest BCUT2D eigenvalue weighted by Crippen LogP contribution is -2.09. The van der Waals surface area contributed by atoms with E-state index in [0.29, 0.717) is 12.3 Å². The van der Waals surface area contributed by atoms with Gasteiger partial charge in [-0.15, -0.1) is 11.8 Å². The highest BCUT2D eigenvalue weighted by Gasteiger charge is 2.02. The maximum Gasteiger partial charge on any atom is 0.0739 e. The van der Waals surface area contributed by atoms with Crippen molar-refractivity contribution in [2.75, 3.05) is 11.5 Å². The summed E-state index contributed by atoms with van der Waals surface area (Å²) in [6.07, 6.45) is 0.364. The maximum absolute atomic E-state index is 9.37. The van der Waals surface area contributed by atoms with E-state index in [1.165, 1.54) is 0 Å². The topological polar surface area (TPSA) is 20.2 Å². The van der Waals surface area contributed by atoms with Gasteiger partial charge in [-0.25, -0.2) is 0 Å². The first-order valence-corrected chi connectivity index (χ1v) is 5.47. The predicted octanol–water partition coefficient (Wildman–Crippen LogP) is 2.15. The molecule has 1 unspecified atom stereocenters. The first-order valence-electron chi connectivity index (χ1n) is 4.32. The Balaban J connectivity index is 3.29. The Morgan fingerprint density at radius 3 is 2.50 bits per heavy atom. The van der Waals surface area contributed by atoms with Crippen LogP contribution in [0, 0.1) is 17.8 Å². The summed E-state index contributed by atoms with van der Waals surface area (Å²) in [5.74, 6) is 8.29. The lowest BCUT2D eigenvalue weighted by Gasteiger charge is -2.07. The van der Waals surface area contributed by atoms with Gasteiger partial charge in [0.2, 0.25) is 0 Å². The second-order valence-corrected chi connectivity index (χ2v) is 4.29. The van der Waals surface area contributed by atoms with Gasteiger partial charge in [0.25, 0.3) is 0 Å². The van der Waals surface area contributed by atoms with Gasteiger partial charge in [-0.05, 0) is 18.6 Å². The minimum atomic E-state index is -0.249. The van der Waals surface area contributed by atoms with Crippen molar-refractivity contribution >= 4 is 11.8 Å². The van der Waals surface area contributed by atoms with Gasteiger partial charge < -0.3 is 5.11 Å². The molecule has 0 bridgehead atoms. The normalized spacial score (nSPS) is 12.4. The Morgan fingerprint density at radius 1 is 1.33 bits per heavy atom. The number of thioether (sulfide) groups is 1. The number of rotatable bonds is 5. The van der Waals surface area contributed by atoms with Gasteiger partial charge in [-0.1, -0.05) is 13.8 Å². The first kappa shape index (κ1) is 11.9. The van der Waals surface area contributed by atoms with Crippen LogP contribution < -0.4 is 0 Å². The Kier molecular flexibility index (Phi) is 7.43. The molecule has 0 amide bonds. The number of aliphatic hydroxyl groups is 1. The first-order chi connectivity index (χ1) is 5.66. The van der Waals surface area contributed by atoms with Crippen LogP contribution in [0.1, 0.15) is 27.2 Å². The molecule has 0 heterocycles. The second-order valence-electron chi connectivity index (χ2n) is 3.22. The van der Waals surface area contributed by atoms with Crippen LogP contribution in [0.3, 0.4) is 0 Å². The standard InChI is InChI=1S/C10H18OS/c1-4-5-6-10(11)8-12-7-9(2)3/h9-11H,6-8H2,1-3H3. The highest BCUT2D eigenvalue weighted by molar-refractivity contribution is 7.99. The molecule has 1 atom stereocenters. The fraction of sp³-hybridized carbons (Fsp3) is 0.800. The third-order valence-electron chi connectivity index (χ3n) is 1.28. The lowest BCUT2D eigenvalue weighted by atomic mass is 10.3. The molecule has 0 saturated heterocycles. The van der Waals surface area contributed by atoms with Crippen LogP contribution in [0.4, 0.5) is 0 Å². The number of aliphatic hydroxyl groups excluding tert-OH is 1. The molecule has 0 saturated carbocycles. The van der Waals surface area contributed by atoms with Crippen LogP contribution in [0.2, 0.25) is 0 Å². The van der Waals surface area contributed by atoms with Gasteiger partial charge in [-0.2, -0.15) is 11.8 Å². The van der Waals surface area contributed by atoms with Crippen molar-refractivity contribution < 1.29 is 5.11 Å².